The first kappa shape index (κ1) is 17.7. The molecule has 0 amide bonds. The third-order valence-corrected chi connectivity index (χ3v) is 5.17. The van der Waals surface area contributed by atoms with Crippen molar-refractivity contribution in [2.45, 2.75) is 26.1 Å². The number of hydrogen-bond donors (Lipinski definition) is 2. The molecule has 0 heterocycles. The average molecular weight is 354 g/mol. The Labute approximate surface area is 161 Å². The van der Waals surface area contributed by atoms with Crippen molar-refractivity contribution in [3.8, 4) is 0 Å². The average Bonchev–Trinajstić information content (AvgIpc) is 2.72. The van der Waals surface area contributed by atoms with Gasteiger partial charge in [0.15, 0.2) is 0 Å². The maximum absolute atomic E-state index is 3.65. The van der Waals surface area contributed by atoms with Gasteiger partial charge in [0.05, 0.1) is 0 Å². The molecule has 0 fully saturated rings. The molecular formula is C25H26N2. The highest BCUT2D eigenvalue weighted by Gasteiger charge is 2.05. The van der Waals surface area contributed by atoms with Crippen LogP contribution < -0.4 is 10.6 Å². The molecule has 1 atom stereocenters. The van der Waals surface area contributed by atoms with Crippen molar-refractivity contribution < 1.29 is 0 Å². The quantitative estimate of drug-likeness (QED) is 0.473. The first-order valence-corrected chi connectivity index (χ1v) is 9.68. The Kier molecular flexibility index (Phi) is 5.47. The number of fused-ring (bicyclic) bond motifs is 2. The smallest absolute Gasteiger partial charge is 0.0214 e. The summed E-state index contributed by atoms with van der Waals surface area (Å²) in [6.07, 6.45) is 0. The number of rotatable bonds is 7. The van der Waals surface area contributed by atoms with Gasteiger partial charge in [-0.25, -0.2) is 0 Å². The van der Waals surface area contributed by atoms with Crippen LogP contribution in [-0.4, -0.2) is 12.6 Å². The van der Waals surface area contributed by atoms with Gasteiger partial charge in [0.2, 0.25) is 0 Å². The molecule has 0 aliphatic carbocycles. The highest BCUT2D eigenvalue weighted by atomic mass is 15.0. The SMILES string of the molecule is CC(CNCc1cccc2ccccc12)NCc1cccc2ccccc12. The van der Waals surface area contributed by atoms with Gasteiger partial charge in [-0.2, -0.15) is 0 Å². The van der Waals surface area contributed by atoms with E-state index in [-0.39, 0.29) is 0 Å². The van der Waals surface area contributed by atoms with E-state index < -0.39 is 0 Å². The zero-order valence-electron chi connectivity index (χ0n) is 15.8. The Balaban J connectivity index is 1.33. The zero-order chi connectivity index (χ0) is 18.5. The summed E-state index contributed by atoms with van der Waals surface area (Å²) in [7, 11) is 0. The van der Waals surface area contributed by atoms with Gasteiger partial charge >= 0.3 is 0 Å². The van der Waals surface area contributed by atoms with Gasteiger partial charge in [-0.1, -0.05) is 84.9 Å². The van der Waals surface area contributed by atoms with E-state index in [0.29, 0.717) is 6.04 Å². The maximum atomic E-state index is 3.65. The summed E-state index contributed by atoms with van der Waals surface area (Å²) >= 11 is 0. The van der Waals surface area contributed by atoms with Crippen LogP contribution in [0.4, 0.5) is 0 Å². The van der Waals surface area contributed by atoms with Crippen LogP contribution in [0.1, 0.15) is 18.1 Å². The third kappa shape index (κ3) is 4.19. The molecule has 4 rings (SSSR count). The Morgan fingerprint density at radius 3 is 1.78 bits per heavy atom. The molecule has 4 aromatic rings. The van der Waals surface area contributed by atoms with Gasteiger partial charge in [0.25, 0.3) is 0 Å². The van der Waals surface area contributed by atoms with Crippen LogP contribution in [0.3, 0.4) is 0 Å². The van der Waals surface area contributed by atoms with Gasteiger partial charge in [-0.05, 0) is 39.6 Å². The van der Waals surface area contributed by atoms with E-state index in [1.807, 2.05) is 0 Å². The lowest BCUT2D eigenvalue weighted by atomic mass is 10.0. The van der Waals surface area contributed by atoms with E-state index in [1.165, 1.54) is 32.7 Å². The molecule has 2 N–H and O–H groups in total. The fourth-order valence-corrected chi connectivity index (χ4v) is 3.67. The fourth-order valence-electron chi connectivity index (χ4n) is 3.67. The second kappa shape index (κ2) is 8.34. The second-order valence-electron chi connectivity index (χ2n) is 7.19. The van der Waals surface area contributed by atoms with Crippen molar-refractivity contribution in [1.29, 1.82) is 0 Å². The van der Waals surface area contributed by atoms with E-state index >= 15 is 0 Å². The predicted octanol–water partition coefficient (Wildman–Crippen LogP) is 5.26. The van der Waals surface area contributed by atoms with Crippen LogP contribution in [0.25, 0.3) is 21.5 Å². The minimum Gasteiger partial charge on any atom is -0.311 e. The molecule has 0 aliphatic rings. The Morgan fingerprint density at radius 1 is 0.630 bits per heavy atom. The van der Waals surface area contributed by atoms with Crippen molar-refractivity contribution in [3.63, 3.8) is 0 Å². The van der Waals surface area contributed by atoms with E-state index in [0.717, 1.165) is 19.6 Å². The Hall–Kier alpha value is -2.68. The van der Waals surface area contributed by atoms with Crippen molar-refractivity contribution in [2.75, 3.05) is 6.54 Å². The summed E-state index contributed by atoms with van der Waals surface area (Å²) in [4.78, 5) is 0. The summed E-state index contributed by atoms with van der Waals surface area (Å²) in [5.74, 6) is 0. The van der Waals surface area contributed by atoms with Crippen molar-refractivity contribution >= 4 is 21.5 Å². The monoisotopic (exact) mass is 354 g/mol. The number of hydrogen-bond acceptors (Lipinski definition) is 2. The molecule has 0 saturated carbocycles. The zero-order valence-corrected chi connectivity index (χ0v) is 15.8. The van der Waals surface area contributed by atoms with E-state index in [1.54, 1.807) is 0 Å². The Morgan fingerprint density at radius 2 is 1.15 bits per heavy atom. The molecule has 0 bridgehead atoms. The first-order valence-electron chi connectivity index (χ1n) is 9.68. The molecular weight excluding hydrogens is 328 g/mol. The van der Waals surface area contributed by atoms with E-state index in [2.05, 4.69) is 102 Å². The van der Waals surface area contributed by atoms with Gasteiger partial charge in [-0.15, -0.1) is 0 Å². The van der Waals surface area contributed by atoms with Crippen LogP contribution in [-0.2, 0) is 13.1 Å². The molecule has 4 aromatic carbocycles. The molecule has 1 unspecified atom stereocenters. The maximum Gasteiger partial charge on any atom is 0.0214 e. The largest absolute Gasteiger partial charge is 0.311 e. The molecule has 2 heteroatoms. The van der Waals surface area contributed by atoms with Gasteiger partial charge in [0.1, 0.15) is 0 Å². The van der Waals surface area contributed by atoms with Crippen molar-refractivity contribution in [2.24, 2.45) is 0 Å². The fraction of sp³-hybridized carbons (Fsp3) is 0.200. The minimum absolute atomic E-state index is 0.402. The molecule has 0 radical (unpaired) electrons. The molecule has 27 heavy (non-hydrogen) atoms. The van der Waals surface area contributed by atoms with E-state index in [4.69, 9.17) is 0 Å². The molecule has 136 valence electrons. The predicted molar refractivity (Wildman–Crippen MR) is 116 cm³/mol. The van der Waals surface area contributed by atoms with Crippen molar-refractivity contribution in [1.82, 2.24) is 10.6 Å². The van der Waals surface area contributed by atoms with Crippen LogP contribution in [0, 0.1) is 0 Å². The molecule has 0 aromatic heterocycles. The summed E-state index contributed by atoms with van der Waals surface area (Å²) in [5, 5.41) is 12.5. The van der Waals surface area contributed by atoms with Gasteiger partial charge < -0.3 is 10.6 Å². The lowest BCUT2D eigenvalue weighted by Gasteiger charge is -2.16. The highest BCUT2D eigenvalue weighted by molar-refractivity contribution is 5.86. The van der Waals surface area contributed by atoms with Gasteiger partial charge in [-0.3, -0.25) is 0 Å². The van der Waals surface area contributed by atoms with Crippen LogP contribution in [0.5, 0.6) is 0 Å². The standard InChI is InChI=1S/C25H26N2/c1-19(27-18-23-13-7-11-21-9-3-5-15-25(21)23)16-26-17-22-12-6-10-20-8-2-4-14-24(20)22/h2-15,19,26-27H,16-18H2,1H3. The number of nitrogens with one attached hydrogen (secondary N) is 2. The molecule has 0 saturated heterocycles. The molecule has 0 spiro atoms. The molecule has 2 nitrogen and oxygen atoms in total. The van der Waals surface area contributed by atoms with Crippen LogP contribution in [0.15, 0.2) is 84.9 Å². The summed E-state index contributed by atoms with van der Waals surface area (Å²) in [5.41, 5.74) is 2.71. The summed E-state index contributed by atoms with van der Waals surface area (Å²) < 4.78 is 0. The van der Waals surface area contributed by atoms with E-state index in [9.17, 15) is 0 Å². The topological polar surface area (TPSA) is 24.1 Å². The minimum atomic E-state index is 0.402. The lowest BCUT2D eigenvalue weighted by Crippen LogP contribution is -2.35. The first-order chi connectivity index (χ1) is 13.3. The van der Waals surface area contributed by atoms with Crippen LogP contribution >= 0.6 is 0 Å². The molecule has 0 aliphatic heterocycles. The Bertz CT molecular complexity index is 1030. The normalized spacial score (nSPS) is 12.5. The second-order valence-corrected chi connectivity index (χ2v) is 7.19. The van der Waals surface area contributed by atoms with Crippen LogP contribution in [0.2, 0.25) is 0 Å². The lowest BCUT2D eigenvalue weighted by molar-refractivity contribution is 0.502. The highest BCUT2D eigenvalue weighted by Crippen LogP contribution is 2.19. The third-order valence-electron chi connectivity index (χ3n) is 5.17. The van der Waals surface area contributed by atoms with Crippen molar-refractivity contribution in [3.05, 3.63) is 96.1 Å². The summed E-state index contributed by atoms with van der Waals surface area (Å²) in [6, 6.07) is 30.6. The summed E-state index contributed by atoms with van der Waals surface area (Å²) in [6.45, 7) is 4.95. The number of benzene rings is 4. The van der Waals surface area contributed by atoms with Gasteiger partial charge in [0, 0.05) is 25.7 Å².